The Kier molecular flexibility index (Phi) is 5.17. The number of hydrogen-bond donors (Lipinski definition) is 0. The lowest BCUT2D eigenvalue weighted by atomic mass is 10.1. The monoisotopic (exact) mass is 436 g/mol. The van der Waals surface area contributed by atoms with Gasteiger partial charge in [0.2, 0.25) is 0 Å². The van der Waals surface area contributed by atoms with E-state index in [0.29, 0.717) is 29.1 Å². The predicted octanol–water partition coefficient (Wildman–Crippen LogP) is 5.81. The molecule has 0 saturated heterocycles. The average molecular weight is 437 g/mol. The zero-order valence-electron chi connectivity index (χ0n) is 15.1. The molecular formula is C23H17BrO4. The van der Waals surface area contributed by atoms with Crippen molar-refractivity contribution < 1.29 is 13.9 Å². The fourth-order valence-corrected chi connectivity index (χ4v) is 3.13. The van der Waals surface area contributed by atoms with Crippen LogP contribution in [0.5, 0.6) is 11.5 Å². The highest BCUT2D eigenvalue weighted by molar-refractivity contribution is 9.10. The van der Waals surface area contributed by atoms with Crippen molar-refractivity contribution in [1.29, 1.82) is 0 Å². The van der Waals surface area contributed by atoms with Crippen LogP contribution in [-0.2, 0) is 6.61 Å². The van der Waals surface area contributed by atoms with E-state index in [0.717, 1.165) is 21.3 Å². The van der Waals surface area contributed by atoms with Gasteiger partial charge in [0.15, 0.2) is 5.43 Å². The molecule has 0 saturated carbocycles. The van der Waals surface area contributed by atoms with Crippen LogP contribution in [0.1, 0.15) is 5.56 Å². The maximum absolute atomic E-state index is 12.6. The first-order chi connectivity index (χ1) is 13.6. The second kappa shape index (κ2) is 7.90. The van der Waals surface area contributed by atoms with Gasteiger partial charge in [0.1, 0.15) is 29.4 Å². The minimum absolute atomic E-state index is 0.110. The van der Waals surface area contributed by atoms with Crippen LogP contribution in [0.3, 0.4) is 0 Å². The molecule has 0 spiro atoms. The highest BCUT2D eigenvalue weighted by atomic mass is 79.9. The van der Waals surface area contributed by atoms with E-state index in [2.05, 4.69) is 15.9 Å². The van der Waals surface area contributed by atoms with Crippen molar-refractivity contribution in [3.05, 3.63) is 93.1 Å². The second-order valence-corrected chi connectivity index (χ2v) is 7.19. The molecule has 0 unspecified atom stereocenters. The fourth-order valence-electron chi connectivity index (χ4n) is 2.87. The van der Waals surface area contributed by atoms with Crippen LogP contribution in [0.2, 0.25) is 0 Å². The van der Waals surface area contributed by atoms with Gasteiger partial charge in [0.05, 0.1) is 12.5 Å². The fraction of sp³-hybridized carbons (Fsp3) is 0.0870. The highest BCUT2D eigenvalue weighted by Crippen LogP contribution is 2.26. The Balaban J connectivity index is 1.60. The van der Waals surface area contributed by atoms with Gasteiger partial charge in [-0.2, -0.15) is 0 Å². The quantitative estimate of drug-likeness (QED) is 0.396. The maximum Gasteiger partial charge on any atom is 0.193 e. The zero-order valence-corrected chi connectivity index (χ0v) is 16.7. The molecular weight excluding hydrogens is 420 g/mol. The lowest BCUT2D eigenvalue weighted by Gasteiger charge is -2.08. The third-order valence-electron chi connectivity index (χ3n) is 4.39. The Morgan fingerprint density at radius 1 is 0.893 bits per heavy atom. The van der Waals surface area contributed by atoms with Gasteiger partial charge >= 0.3 is 0 Å². The van der Waals surface area contributed by atoms with E-state index in [-0.39, 0.29) is 5.43 Å². The number of hydrogen-bond acceptors (Lipinski definition) is 4. The van der Waals surface area contributed by atoms with Crippen LogP contribution in [0.15, 0.2) is 86.5 Å². The molecule has 0 aliphatic heterocycles. The molecule has 1 heterocycles. The molecule has 4 nitrogen and oxygen atoms in total. The van der Waals surface area contributed by atoms with Gasteiger partial charge in [-0.05, 0) is 60.2 Å². The minimum atomic E-state index is -0.110. The highest BCUT2D eigenvalue weighted by Gasteiger charge is 2.09. The van der Waals surface area contributed by atoms with Crippen molar-refractivity contribution in [3.8, 4) is 22.8 Å². The van der Waals surface area contributed by atoms with Gasteiger partial charge in [0.25, 0.3) is 0 Å². The summed E-state index contributed by atoms with van der Waals surface area (Å²) >= 11 is 3.41. The summed E-state index contributed by atoms with van der Waals surface area (Å²) in [5, 5.41) is 0.491. The molecule has 4 rings (SSSR count). The molecule has 0 aliphatic rings. The first-order valence-corrected chi connectivity index (χ1v) is 9.51. The molecule has 0 aliphatic carbocycles. The molecule has 0 fully saturated rings. The van der Waals surface area contributed by atoms with Gasteiger partial charge in [-0.15, -0.1) is 0 Å². The molecule has 0 N–H and O–H groups in total. The number of ether oxygens (including phenoxy) is 2. The van der Waals surface area contributed by atoms with E-state index >= 15 is 0 Å². The van der Waals surface area contributed by atoms with Gasteiger partial charge < -0.3 is 13.9 Å². The Bertz CT molecular complexity index is 1160. The summed E-state index contributed by atoms with van der Waals surface area (Å²) in [5.41, 5.74) is 2.27. The van der Waals surface area contributed by atoms with E-state index in [1.54, 1.807) is 19.2 Å². The molecule has 28 heavy (non-hydrogen) atoms. The number of halogens is 1. The maximum atomic E-state index is 12.6. The first kappa shape index (κ1) is 18.3. The van der Waals surface area contributed by atoms with Gasteiger partial charge in [-0.3, -0.25) is 4.79 Å². The van der Waals surface area contributed by atoms with Crippen molar-refractivity contribution >= 4 is 26.9 Å². The van der Waals surface area contributed by atoms with Gasteiger partial charge in [0, 0.05) is 16.1 Å². The first-order valence-electron chi connectivity index (χ1n) is 8.72. The number of fused-ring (bicyclic) bond motifs is 1. The molecule has 0 bridgehead atoms. The third kappa shape index (κ3) is 3.94. The summed E-state index contributed by atoms with van der Waals surface area (Å²) in [4.78, 5) is 12.6. The summed E-state index contributed by atoms with van der Waals surface area (Å²) in [7, 11) is 1.61. The van der Waals surface area contributed by atoms with Crippen LogP contribution in [0.4, 0.5) is 0 Å². The van der Waals surface area contributed by atoms with E-state index < -0.39 is 0 Å². The summed E-state index contributed by atoms with van der Waals surface area (Å²) in [6.07, 6.45) is 0. The van der Waals surface area contributed by atoms with Crippen LogP contribution < -0.4 is 14.9 Å². The van der Waals surface area contributed by atoms with Crippen LogP contribution in [0.25, 0.3) is 22.3 Å². The average Bonchev–Trinajstić information content (AvgIpc) is 2.73. The van der Waals surface area contributed by atoms with Crippen molar-refractivity contribution in [3.63, 3.8) is 0 Å². The SMILES string of the molecule is COc1ccc(-c2cc(=O)c3cc(OCc4ccc(Br)cc4)ccc3o2)cc1. The molecule has 4 aromatic rings. The standard InChI is InChI=1S/C23H17BrO4/c1-26-18-8-4-16(5-9-18)23-13-21(25)20-12-19(10-11-22(20)28-23)27-14-15-2-6-17(24)7-3-15/h2-13H,14H2,1H3. The second-order valence-electron chi connectivity index (χ2n) is 6.28. The molecule has 0 atom stereocenters. The summed E-state index contributed by atoms with van der Waals surface area (Å²) in [5.74, 6) is 1.89. The Morgan fingerprint density at radius 3 is 2.32 bits per heavy atom. The van der Waals surface area contributed by atoms with E-state index in [9.17, 15) is 4.79 Å². The summed E-state index contributed by atoms with van der Waals surface area (Å²) in [6.45, 7) is 0.425. The van der Waals surface area contributed by atoms with Crippen molar-refractivity contribution in [1.82, 2.24) is 0 Å². The topological polar surface area (TPSA) is 48.7 Å². The van der Waals surface area contributed by atoms with E-state index in [1.165, 1.54) is 6.07 Å². The van der Waals surface area contributed by atoms with E-state index in [4.69, 9.17) is 13.9 Å². The molecule has 140 valence electrons. The van der Waals surface area contributed by atoms with Crippen LogP contribution >= 0.6 is 15.9 Å². The number of methoxy groups -OCH3 is 1. The Labute approximate surface area is 170 Å². The zero-order chi connectivity index (χ0) is 19.5. The third-order valence-corrected chi connectivity index (χ3v) is 4.92. The van der Waals surface area contributed by atoms with Crippen molar-refractivity contribution in [2.24, 2.45) is 0 Å². The van der Waals surface area contributed by atoms with Gasteiger partial charge in [-0.1, -0.05) is 28.1 Å². The molecule has 3 aromatic carbocycles. The predicted molar refractivity (Wildman–Crippen MR) is 113 cm³/mol. The molecule has 1 aromatic heterocycles. The van der Waals surface area contributed by atoms with E-state index in [1.807, 2.05) is 54.6 Å². The minimum Gasteiger partial charge on any atom is -0.497 e. The molecule has 0 amide bonds. The largest absolute Gasteiger partial charge is 0.497 e. The lowest BCUT2D eigenvalue weighted by molar-refractivity contribution is 0.306. The molecule has 0 radical (unpaired) electrons. The Hall–Kier alpha value is -3.05. The van der Waals surface area contributed by atoms with Gasteiger partial charge in [-0.25, -0.2) is 0 Å². The van der Waals surface area contributed by atoms with Crippen molar-refractivity contribution in [2.45, 2.75) is 6.61 Å². The molecule has 5 heteroatoms. The Morgan fingerprint density at radius 2 is 1.61 bits per heavy atom. The normalized spacial score (nSPS) is 10.8. The van der Waals surface area contributed by atoms with Crippen molar-refractivity contribution in [2.75, 3.05) is 7.11 Å². The number of rotatable bonds is 5. The van der Waals surface area contributed by atoms with Crippen LogP contribution in [-0.4, -0.2) is 7.11 Å². The van der Waals surface area contributed by atoms with Crippen LogP contribution in [0, 0.1) is 0 Å². The summed E-state index contributed by atoms with van der Waals surface area (Å²) < 4.78 is 17.9. The smallest absolute Gasteiger partial charge is 0.193 e. The lowest BCUT2D eigenvalue weighted by Crippen LogP contribution is -2.01. The number of benzene rings is 3. The summed E-state index contributed by atoms with van der Waals surface area (Å²) in [6, 6.07) is 22.1.